The van der Waals surface area contributed by atoms with Gasteiger partial charge in [-0.1, -0.05) is 0 Å². The molecule has 0 aromatic carbocycles. The third-order valence-electron chi connectivity index (χ3n) is 4.62. The van der Waals surface area contributed by atoms with Crippen molar-refractivity contribution in [1.82, 2.24) is 9.78 Å². The van der Waals surface area contributed by atoms with Gasteiger partial charge in [0.15, 0.2) is 5.69 Å². The molecule has 0 atom stereocenters. The molecule has 7 heteroatoms. The van der Waals surface area contributed by atoms with E-state index < -0.39 is 23.4 Å². The van der Waals surface area contributed by atoms with Gasteiger partial charge in [-0.2, -0.15) is 18.3 Å². The topological polar surface area (TPSA) is 55.1 Å². The van der Waals surface area contributed by atoms with E-state index in [4.69, 9.17) is 5.11 Å². The van der Waals surface area contributed by atoms with E-state index in [0.717, 1.165) is 30.4 Å². The molecule has 0 saturated heterocycles. The summed E-state index contributed by atoms with van der Waals surface area (Å²) in [6, 6.07) is 0. The van der Waals surface area contributed by atoms with Gasteiger partial charge < -0.3 is 5.11 Å². The molecule has 1 N–H and O–H groups in total. The van der Waals surface area contributed by atoms with Gasteiger partial charge in [0.25, 0.3) is 0 Å². The Kier molecular flexibility index (Phi) is 2.68. The van der Waals surface area contributed by atoms with E-state index in [1.165, 1.54) is 6.92 Å². The number of aromatic nitrogens is 2. The Morgan fingerprint density at radius 2 is 2.15 bits per heavy atom. The third kappa shape index (κ3) is 1.91. The minimum Gasteiger partial charge on any atom is -0.477 e. The van der Waals surface area contributed by atoms with Gasteiger partial charge in [0.05, 0.1) is 5.69 Å². The van der Waals surface area contributed by atoms with Crippen LogP contribution in [-0.4, -0.2) is 20.9 Å². The van der Waals surface area contributed by atoms with Crippen molar-refractivity contribution >= 4 is 5.97 Å². The first-order valence-corrected chi connectivity index (χ1v) is 6.60. The number of aryl methyl sites for hydroxylation is 1. The first-order valence-electron chi connectivity index (χ1n) is 6.60. The number of fused-ring (bicyclic) bond motifs is 1. The van der Waals surface area contributed by atoms with Crippen LogP contribution in [0.4, 0.5) is 13.2 Å². The summed E-state index contributed by atoms with van der Waals surface area (Å²) in [4.78, 5) is 11.2. The van der Waals surface area contributed by atoms with Gasteiger partial charge in [-0.05, 0) is 43.9 Å². The summed E-state index contributed by atoms with van der Waals surface area (Å²) in [5, 5.41) is 13.0. The molecule has 3 saturated carbocycles. The highest BCUT2D eigenvalue weighted by Crippen LogP contribution is 2.59. The fourth-order valence-corrected chi connectivity index (χ4v) is 3.86. The molecule has 110 valence electrons. The van der Waals surface area contributed by atoms with Crippen LogP contribution in [0, 0.1) is 18.3 Å². The van der Waals surface area contributed by atoms with Crippen molar-refractivity contribution in [2.24, 2.45) is 11.3 Å². The van der Waals surface area contributed by atoms with Crippen LogP contribution in [0.2, 0.25) is 0 Å². The molecule has 4 nitrogen and oxygen atoms in total. The number of carboxylic acid groups (broad SMARTS) is 1. The van der Waals surface area contributed by atoms with Crippen molar-refractivity contribution in [3.8, 4) is 0 Å². The average Bonchev–Trinajstić information content (AvgIpc) is 2.88. The first-order chi connectivity index (χ1) is 9.22. The van der Waals surface area contributed by atoms with E-state index in [0.29, 0.717) is 5.92 Å². The minimum atomic E-state index is -4.69. The smallest absolute Gasteiger partial charge is 0.420 e. The van der Waals surface area contributed by atoms with E-state index in [1.54, 1.807) is 0 Å². The second kappa shape index (κ2) is 3.99. The van der Waals surface area contributed by atoms with E-state index in [-0.39, 0.29) is 17.7 Å². The fourth-order valence-electron chi connectivity index (χ4n) is 3.86. The number of carboxylic acids is 1. The van der Waals surface area contributed by atoms with E-state index in [1.807, 2.05) is 0 Å². The van der Waals surface area contributed by atoms with E-state index >= 15 is 0 Å². The molecule has 0 aliphatic heterocycles. The zero-order valence-corrected chi connectivity index (χ0v) is 11.0. The molecule has 4 rings (SSSR count). The monoisotopic (exact) mass is 288 g/mol. The molecule has 0 unspecified atom stereocenters. The lowest BCUT2D eigenvalue weighted by Crippen LogP contribution is -2.34. The van der Waals surface area contributed by atoms with Crippen LogP contribution in [0.5, 0.6) is 0 Å². The molecule has 1 aromatic heterocycles. The standard InChI is InChI=1S/C13H15F3N2O2/c1-7-9(13(14,15)16)10(11(19)20)18(17-7)6-12-3-2-8(4-12)5-12/h8H,2-6H2,1H3,(H,19,20). The number of hydrogen-bond donors (Lipinski definition) is 1. The van der Waals surface area contributed by atoms with Crippen LogP contribution in [0.3, 0.4) is 0 Å². The number of hydrogen-bond acceptors (Lipinski definition) is 2. The first kappa shape index (κ1) is 13.5. The van der Waals surface area contributed by atoms with Gasteiger partial charge in [0.2, 0.25) is 0 Å². The second-order valence-electron chi connectivity index (χ2n) is 6.08. The highest BCUT2D eigenvalue weighted by Gasteiger charge is 2.51. The van der Waals surface area contributed by atoms with Gasteiger partial charge in [0.1, 0.15) is 5.56 Å². The van der Waals surface area contributed by atoms with Crippen molar-refractivity contribution in [2.75, 3.05) is 0 Å². The Hall–Kier alpha value is -1.53. The Labute approximate surface area is 113 Å². The van der Waals surface area contributed by atoms with Crippen LogP contribution in [0.25, 0.3) is 0 Å². The third-order valence-corrected chi connectivity index (χ3v) is 4.62. The normalized spacial score (nSPS) is 28.5. The van der Waals surface area contributed by atoms with Gasteiger partial charge in [-0.15, -0.1) is 0 Å². The quantitative estimate of drug-likeness (QED) is 0.929. The van der Waals surface area contributed by atoms with Gasteiger partial charge in [0, 0.05) is 6.54 Å². The molecule has 3 aliphatic rings. The molecule has 0 radical (unpaired) electrons. The Balaban J connectivity index is 2.01. The Morgan fingerprint density at radius 3 is 2.60 bits per heavy atom. The summed E-state index contributed by atoms with van der Waals surface area (Å²) < 4.78 is 40.0. The molecule has 2 bridgehead atoms. The summed E-state index contributed by atoms with van der Waals surface area (Å²) in [5.74, 6) is -0.898. The zero-order chi connectivity index (χ0) is 14.7. The van der Waals surface area contributed by atoms with Gasteiger partial charge in [-0.3, -0.25) is 4.68 Å². The van der Waals surface area contributed by atoms with Crippen LogP contribution in [0.1, 0.15) is 47.4 Å². The van der Waals surface area contributed by atoms with Crippen molar-refractivity contribution in [3.63, 3.8) is 0 Å². The van der Waals surface area contributed by atoms with Crippen LogP contribution in [-0.2, 0) is 12.7 Å². The molecule has 20 heavy (non-hydrogen) atoms. The molecule has 1 aromatic rings. The number of halogens is 3. The predicted molar refractivity (Wildman–Crippen MR) is 63.3 cm³/mol. The molecule has 0 amide bonds. The Bertz CT molecular complexity index is 565. The van der Waals surface area contributed by atoms with Gasteiger partial charge >= 0.3 is 12.1 Å². The molecular weight excluding hydrogens is 273 g/mol. The summed E-state index contributed by atoms with van der Waals surface area (Å²) in [6.45, 7) is 1.49. The lowest BCUT2D eigenvalue weighted by molar-refractivity contribution is -0.138. The maximum absolute atomic E-state index is 13.0. The van der Waals surface area contributed by atoms with Crippen LogP contribution in [0.15, 0.2) is 0 Å². The summed E-state index contributed by atoms with van der Waals surface area (Å²) in [6.07, 6.45) is -0.685. The maximum Gasteiger partial charge on any atom is 0.420 e. The zero-order valence-electron chi connectivity index (χ0n) is 11.0. The molecule has 3 fully saturated rings. The summed E-state index contributed by atoms with van der Waals surface area (Å²) >= 11 is 0. The molecule has 0 spiro atoms. The largest absolute Gasteiger partial charge is 0.477 e. The number of rotatable bonds is 3. The van der Waals surface area contributed by atoms with Crippen molar-refractivity contribution < 1.29 is 23.1 Å². The highest BCUT2D eigenvalue weighted by molar-refractivity contribution is 5.88. The SMILES string of the molecule is Cc1nn(CC23CCC(C2)C3)c(C(=O)O)c1C(F)(F)F. The maximum atomic E-state index is 13.0. The van der Waals surface area contributed by atoms with Gasteiger partial charge in [-0.25, -0.2) is 4.79 Å². The highest BCUT2D eigenvalue weighted by atomic mass is 19.4. The lowest BCUT2D eigenvalue weighted by atomic mass is 9.70. The Morgan fingerprint density at radius 1 is 1.50 bits per heavy atom. The van der Waals surface area contributed by atoms with Crippen LogP contribution < -0.4 is 0 Å². The second-order valence-corrected chi connectivity index (χ2v) is 6.08. The summed E-state index contributed by atoms with van der Waals surface area (Å²) in [7, 11) is 0. The fraction of sp³-hybridized carbons (Fsp3) is 0.692. The molecule has 1 heterocycles. The average molecular weight is 288 g/mol. The predicted octanol–water partition coefficient (Wildman–Crippen LogP) is 3.10. The van der Waals surface area contributed by atoms with Crippen molar-refractivity contribution in [2.45, 2.75) is 45.3 Å². The van der Waals surface area contributed by atoms with E-state index in [9.17, 15) is 18.0 Å². The minimum absolute atomic E-state index is 0.0316. The van der Waals surface area contributed by atoms with E-state index in [2.05, 4.69) is 5.10 Å². The molecule has 3 aliphatic carbocycles. The number of nitrogens with zero attached hydrogens (tertiary/aromatic N) is 2. The number of carbonyl (C=O) groups is 1. The van der Waals surface area contributed by atoms with Crippen molar-refractivity contribution in [3.05, 3.63) is 17.0 Å². The van der Waals surface area contributed by atoms with Crippen LogP contribution >= 0.6 is 0 Å². The number of aromatic carboxylic acids is 1. The summed E-state index contributed by atoms with van der Waals surface area (Å²) in [5.41, 5.74) is -2.13. The molecular formula is C13H15F3N2O2. The lowest BCUT2D eigenvalue weighted by Gasteiger charge is -2.38. The number of alkyl halides is 3. The van der Waals surface area contributed by atoms with Crippen molar-refractivity contribution in [1.29, 1.82) is 0 Å².